The molecule has 3 aromatic carbocycles. The number of rotatable bonds is 0. The smallest absolute Gasteiger partial charge is 0.209 e. The Hall–Kier alpha value is -3.14. The Morgan fingerprint density at radius 1 is 0.559 bits per heavy atom. The van der Waals surface area contributed by atoms with Crippen LogP contribution in [0.2, 0.25) is 0 Å². The van der Waals surface area contributed by atoms with Crippen molar-refractivity contribution in [2.24, 2.45) is 11.8 Å². The fourth-order valence-corrected chi connectivity index (χ4v) is 8.51. The third-order valence-electron chi connectivity index (χ3n) is 9.42. The molecule has 3 aromatic rings. The molecule has 0 nitrogen and oxygen atoms in total. The Balaban J connectivity index is 1.51. The second kappa shape index (κ2) is 5.91. The lowest BCUT2D eigenvalue weighted by Gasteiger charge is -2.68. The Morgan fingerprint density at radius 2 is 0.971 bits per heavy atom. The molecule has 1 saturated carbocycles. The van der Waals surface area contributed by atoms with Gasteiger partial charge in [-0.2, -0.15) is 0 Å². The van der Waals surface area contributed by atoms with Crippen molar-refractivity contribution in [3.05, 3.63) is 130 Å². The molecular formula is C30H20F4. The Morgan fingerprint density at radius 3 is 1.47 bits per heavy atom. The summed E-state index contributed by atoms with van der Waals surface area (Å²) in [7, 11) is 0. The maximum atomic E-state index is 17.2. The van der Waals surface area contributed by atoms with Crippen molar-refractivity contribution in [2.45, 2.75) is 35.0 Å². The molecule has 7 aliphatic carbocycles. The minimum absolute atomic E-state index is 0.132. The predicted octanol–water partition coefficient (Wildman–Crippen LogP) is 7.54. The molecule has 10 rings (SSSR count). The summed E-state index contributed by atoms with van der Waals surface area (Å²) in [5, 5.41) is 0. The number of alkyl halides is 2. The first kappa shape index (κ1) is 19.2. The molecule has 4 heteroatoms. The fraction of sp³-hybridized carbons (Fsp3) is 0.267. The lowest BCUT2D eigenvalue weighted by Crippen LogP contribution is -2.69. The van der Waals surface area contributed by atoms with Gasteiger partial charge in [-0.3, -0.25) is 0 Å². The molecule has 0 aliphatic heterocycles. The average molecular weight is 456 g/mol. The molecule has 1 fully saturated rings. The van der Waals surface area contributed by atoms with E-state index in [4.69, 9.17) is 0 Å². The van der Waals surface area contributed by atoms with Crippen molar-refractivity contribution in [1.82, 2.24) is 0 Å². The summed E-state index contributed by atoms with van der Waals surface area (Å²) in [5.74, 6) is -5.94. The van der Waals surface area contributed by atoms with Crippen LogP contribution in [0.25, 0.3) is 0 Å². The summed E-state index contributed by atoms with van der Waals surface area (Å²) in [6, 6.07) is 23.5. The van der Waals surface area contributed by atoms with Gasteiger partial charge in [0.1, 0.15) is 0 Å². The summed E-state index contributed by atoms with van der Waals surface area (Å²) in [6.45, 7) is 0. The lowest BCUT2D eigenvalue weighted by molar-refractivity contribution is -0.133. The van der Waals surface area contributed by atoms with E-state index in [9.17, 15) is 4.39 Å². The monoisotopic (exact) mass is 456 g/mol. The zero-order valence-corrected chi connectivity index (χ0v) is 18.1. The van der Waals surface area contributed by atoms with Crippen LogP contribution in [0, 0.1) is 11.8 Å². The second-order valence-electron chi connectivity index (χ2n) is 10.4. The molecule has 0 aromatic heterocycles. The minimum atomic E-state index is -3.08. The van der Waals surface area contributed by atoms with Crippen LogP contribution in [-0.4, -0.2) is 11.3 Å². The molecule has 0 N–H and O–H groups in total. The van der Waals surface area contributed by atoms with E-state index < -0.39 is 34.8 Å². The topological polar surface area (TPSA) is 0 Å². The van der Waals surface area contributed by atoms with Crippen molar-refractivity contribution in [1.29, 1.82) is 0 Å². The number of hydrogen-bond donors (Lipinski definition) is 0. The molecule has 6 unspecified atom stereocenters. The van der Waals surface area contributed by atoms with Gasteiger partial charge in [-0.05, 0) is 57.4 Å². The van der Waals surface area contributed by atoms with Crippen molar-refractivity contribution in [3.63, 3.8) is 0 Å². The van der Waals surface area contributed by atoms with Gasteiger partial charge in [0.15, 0.2) is 17.3 Å². The summed E-state index contributed by atoms with van der Waals surface area (Å²) < 4.78 is 64.4. The zero-order valence-electron chi connectivity index (χ0n) is 18.1. The maximum absolute atomic E-state index is 17.2. The van der Waals surface area contributed by atoms with Gasteiger partial charge in [0.2, 0.25) is 5.67 Å². The van der Waals surface area contributed by atoms with Crippen LogP contribution in [0.3, 0.4) is 0 Å². The van der Waals surface area contributed by atoms with Crippen LogP contribution in [0.15, 0.2) is 96.6 Å². The Kier molecular flexibility index (Phi) is 3.34. The summed E-state index contributed by atoms with van der Waals surface area (Å²) in [4.78, 5) is 0. The van der Waals surface area contributed by atoms with Gasteiger partial charge in [0.25, 0.3) is 0 Å². The van der Waals surface area contributed by atoms with E-state index >= 15 is 13.2 Å². The first-order valence-electron chi connectivity index (χ1n) is 11.9. The first-order valence-corrected chi connectivity index (χ1v) is 11.9. The highest BCUT2D eigenvalue weighted by molar-refractivity contribution is 5.64. The lowest BCUT2D eigenvalue weighted by atomic mass is 9.36. The van der Waals surface area contributed by atoms with Crippen LogP contribution in [-0.2, 0) is 0 Å². The first-order chi connectivity index (χ1) is 16.5. The van der Waals surface area contributed by atoms with E-state index in [1.54, 1.807) is 12.1 Å². The molecule has 0 saturated heterocycles. The summed E-state index contributed by atoms with van der Waals surface area (Å²) in [5.41, 5.74) is 0.0994. The number of hydrogen-bond acceptors (Lipinski definition) is 0. The van der Waals surface area contributed by atoms with E-state index in [1.165, 1.54) is 0 Å². The molecule has 4 bridgehead atoms. The van der Waals surface area contributed by atoms with Crippen molar-refractivity contribution < 1.29 is 17.6 Å². The number of halogens is 4. The zero-order chi connectivity index (χ0) is 23.0. The van der Waals surface area contributed by atoms with Crippen LogP contribution >= 0.6 is 0 Å². The molecule has 0 spiro atoms. The van der Waals surface area contributed by atoms with E-state index in [0.29, 0.717) is 5.56 Å². The molecule has 0 heterocycles. The van der Waals surface area contributed by atoms with E-state index in [1.807, 2.05) is 36.4 Å². The SMILES string of the molecule is FC1=C(F)C2(F)C3c4ccccc4C(C4C5c6ccccc6C(c6ccccc65)C43)C2(F)C=C1. The van der Waals surface area contributed by atoms with Gasteiger partial charge in [-0.1, -0.05) is 72.8 Å². The highest BCUT2D eigenvalue weighted by atomic mass is 19.2. The van der Waals surface area contributed by atoms with Gasteiger partial charge < -0.3 is 0 Å². The van der Waals surface area contributed by atoms with Gasteiger partial charge in [0.05, 0.1) is 0 Å². The molecular weight excluding hydrogens is 436 g/mol. The number of allylic oxidation sites excluding steroid dienone is 4. The van der Waals surface area contributed by atoms with Gasteiger partial charge in [-0.15, -0.1) is 0 Å². The third kappa shape index (κ3) is 1.82. The van der Waals surface area contributed by atoms with Gasteiger partial charge >= 0.3 is 0 Å². The average Bonchev–Trinajstić information content (AvgIpc) is 2.87. The van der Waals surface area contributed by atoms with Crippen molar-refractivity contribution in [3.8, 4) is 0 Å². The predicted molar refractivity (Wildman–Crippen MR) is 122 cm³/mol. The van der Waals surface area contributed by atoms with E-state index in [2.05, 4.69) is 24.3 Å². The summed E-state index contributed by atoms with van der Waals surface area (Å²) in [6.07, 6.45) is 1.75. The van der Waals surface area contributed by atoms with Crippen LogP contribution in [0.5, 0.6) is 0 Å². The van der Waals surface area contributed by atoms with Gasteiger partial charge in [0, 0.05) is 23.7 Å². The Bertz CT molecular complexity index is 1420. The highest BCUT2D eigenvalue weighted by Crippen LogP contribution is 2.78. The summed E-state index contributed by atoms with van der Waals surface area (Å²) >= 11 is 0. The van der Waals surface area contributed by atoms with Crippen molar-refractivity contribution in [2.75, 3.05) is 0 Å². The minimum Gasteiger partial charge on any atom is -0.235 e. The van der Waals surface area contributed by atoms with Crippen LogP contribution in [0.1, 0.15) is 57.1 Å². The molecule has 0 amide bonds. The maximum Gasteiger partial charge on any atom is 0.209 e. The quantitative estimate of drug-likeness (QED) is 0.307. The normalized spacial score (nSPS) is 39.8. The second-order valence-corrected chi connectivity index (χ2v) is 10.4. The fourth-order valence-electron chi connectivity index (χ4n) is 8.51. The molecule has 6 atom stereocenters. The van der Waals surface area contributed by atoms with Crippen LogP contribution in [0.4, 0.5) is 17.6 Å². The van der Waals surface area contributed by atoms with Crippen LogP contribution < -0.4 is 0 Å². The largest absolute Gasteiger partial charge is 0.235 e. The third-order valence-corrected chi connectivity index (χ3v) is 9.42. The van der Waals surface area contributed by atoms with Gasteiger partial charge in [-0.25, -0.2) is 17.6 Å². The molecule has 7 aliphatic rings. The van der Waals surface area contributed by atoms with Crippen molar-refractivity contribution >= 4 is 0 Å². The van der Waals surface area contributed by atoms with E-state index in [-0.39, 0.29) is 23.7 Å². The molecule has 168 valence electrons. The van der Waals surface area contributed by atoms with E-state index in [0.717, 1.165) is 40.0 Å². The molecule has 34 heavy (non-hydrogen) atoms. The number of benzene rings is 3. The highest BCUT2D eigenvalue weighted by Gasteiger charge is 2.78. The molecule has 0 radical (unpaired) electrons. The Labute approximate surface area is 194 Å². The standard InChI is InChI=1S/C30H20F4/c31-21-13-14-29(33)26-19-11-5-6-12-20(19)27(30(29,34)28(21)32)25-23-17-9-3-1-7-15(17)22(24(25)26)16-8-2-4-10-18(16)23/h1-14,22-27H.